The van der Waals surface area contributed by atoms with Crippen molar-refractivity contribution in [2.75, 3.05) is 11.9 Å². The molecule has 4 nitrogen and oxygen atoms in total. The van der Waals surface area contributed by atoms with Crippen LogP contribution in [-0.2, 0) is 17.8 Å². The molecule has 0 spiro atoms. The van der Waals surface area contributed by atoms with E-state index in [9.17, 15) is 4.79 Å². The predicted molar refractivity (Wildman–Crippen MR) is 101 cm³/mol. The third-order valence-corrected chi connectivity index (χ3v) is 4.31. The second-order valence-corrected chi connectivity index (χ2v) is 6.13. The first-order valence-electron chi connectivity index (χ1n) is 8.71. The smallest absolute Gasteiger partial charge is 0.411 e. The molecule has 0 aromatic heterocycles. The molecular weight excluding hydrogens is 314 g/mol. The molecule has 0 bridgehead atoms. The summed E-state index contributed by atoms with van der Waals surface area (Å²) in [7, 11) is 0. The maximum Gasteiger partial charge on any atom is 0.411 e. The Morgan fingerprint density at radius 2 is 1.80 bits per heavy atom. The van der Waals surface area contributed by atoms with Gasteiger partial charge in [-0.25, -0.2) is 4.79 Å². The van der Waals surface area contributed by atoms with E-state index in [1.54, 1.807) is 6.92 Å². The van der Waals surface area contributed by atoms with Gasteiger partial charge in [0.1, 0.15) is 12.4 Å². The molecule has 1 amide bonds. The van der Waals surface area contributed by atoms with Crippen molar-refractivity contribution < 1.29 is 14.3 Å². The van der Waals surface area contributed by atoms with Gasteiger partial charge in [0.25, 0.3) is 0 Å². The molecule has 0 unspecified atom stereocenters. The van der Waals surface area contributed by atoms with Gasteiger partial charge in [-0.1, -0.05) is 25.1 Å². The quantitative estimate of drug-likeness (QED) is 0.773. The number of hydrogen-bond acceptors (Lipinski definition) is 3. The van der Waals surface area contributed by atoms with Crippen molar-refractivity contribution in [2.45, 2.75) is 47.6 Å². The Kier molecular flexibility index (Phi) is 6.45. The van der Waals surface area contributed by atoms with Crippen molar-refractivity contribution >= 4 is 11.8 Å². The normalized spacial score (nSPS) is 10.4. The van der Waals surface area contributed by atoms with Crippen LogP contribution in [0.4, 0.5) is 10.5 Å². The van der Waals surface area contributed by atoms with E-state index >= 15 is 0 Å². The molecule has 0 saturated carbocycles. The molecule has 0 saturated heterocycles. The number of nitrogens with one attached hydrogen (secondary N) is 1. The lowest BCUT2D eigenvalue weighted by atomic mass is 10.0. The molecule has 0 aliphatic rings. The third-order valence-electron chi connectivity index (χ3n) is 4.31. The van der Waals surface area contributed by atoms with Gasteiger partial charge >= 0.3 is 6.09 Å². The van der Waals surface area contributed by atoms with Crippen LogP contribution in [-0.4, -0.2) is 12.7 Å². The highest BCUT2D eigenvalue weighted by Crippen LogP contribution is 2.26. The summed E-state index contributed by atoms with van der Waals surface area (Å²) in [6, 6.07) is 10.0. The highest BCUT2D eigenvalue weighted by atomic mass is 16.5. The summed E-state index contributed by atoms with van der Waals surface area (Å²) in [5, 5.41) is 2.79. The van der Waals surface area contributed by atoms with Crippen molar-refractivity contribution in [1.29, 1.82) is 0 Å². The number of anilines is 1. The number of carbonyl (C=O) groups is 1. The fraction of sp³-hybridized carbons (Fsp3) is 0.381. The molecule has 0 aliphatic heterocycles. The number of aryl methyl sites for hydroxylation is 4. The lowest BCUT2D eigenvalue weighted by Crippen LogP contribution is -2.15. The molecule has 0 atom stereocenters. The van der Waals surface area contributed by atoms with Gasteiger partial charge in [-0.2, -0.15) is 0 Å². The third kappa shape index (κ3) is 4.75. The summed E-state index contributed by atoms with van der Waals surface area (Å²) >= 11 is 0. The Morgan fingerprint density at radius 1 is 1.04 bits per heavy atom. The van der Waals surface area contributed by atoms with E-state index in [0.717, 1.165) is 34.5 Å². The Bertz CT molecular complexity index is 753. The zero-order valence-electron chi connectivity index (χ0n) is 15.7. The minimum Gasteiger partial charge on any atom is -0.489 e. The number of ether oxygens (including phenoxy) is 2. The highest BCUT2D eigenvalue weighted by molar-refractivity contribution is 5.85. The van der Waals surface area contributed by atoms with Gasteiger partial charge in [-0.05, 0) is 68.5 Å². The van der Waals surface area contributed by atoms with Gasteiger partial charge < -0.3 is 9.47 Å². The largest absolute Gasteiger partial charge is 0.489 e. The minimum atomic E-state index is -0.450. The second kappa shape index (κ2) is 8.56. The van der Waals surface area contributed by atoms with Crippen molar-refractivity contribution in [3.8, 4) is 5.75 Å². The number of carbonyl (C=O) groups excluding carboxylic acids is 1. The van der Waals surface area contributed by atoms with Crippen LogP contribution in [0.15, 0.2) is 30.3 Å². The summed E-state index contributed by atoms with van der Waals surface area (Å²) in [4.78, 5) is 11.7. The van der Waals surface area contributed by atoms with Crippen LogP contribution < -0.4 is 10.1 Å². The van der Waals surface area contributed by atoms with Gasteiger partial charge in [0.2, 0.25) is 0 Å². The van der Waals surface area contributed by atoms with Crippen molar-refractivity contribution in [3.63, 3.8) is 0 Å². The Labute approximate surface area is 150 Å². The van der Waals surface area contributed by atoms with Crippen LogP contribution in [0.2, 0.25) is 0 Å². The summed E-state index contributed by atoms with van der Waals surface area (Å²) in [6.07, 6.45) is 0.562. The van der Waals surface area contributed by atoms with Crippen LogP contribution >= 0.6 is 0 Å². The van der Waals surface area contributed by atoms with Crippen molar-refractivity contribution in [1.82, 2.24) is 0 Å². The van der Waals surface area contributed by atoms with Crippen LogP contribution in [0.3, 0.4) is 0 Å². The molecule has 134 valence electrons. The first-order valence-corrected chi connectivity index (χ1v) is 8.71. The average molecular weight is 341 g/mol. The second-order valence-electron chi connectivity index (χ2n) is 6.13. The van der Waals surface area contributed by atoms with E-state index < -0.39 is 6.09 Å². The average Bonchev–Trinajstić information content (AvgIpc) is 2.57. The minimum absolute atomic E-state index is 0.339. The first kappa shape index (κ1) is 18.8. The number of rotatable bonds is 6. The van der Waals surface area contributed by atoms with Crippen molar-refractivity contribution in [2.24, 2.45) is 0 Å². The zero-order valence-corrected chi connectivity index (χ0v) is 15.7. The van der Waals surface area contributed by atoms with Crippen molar-refractivity contribution in [3.05, 3.63) is 58.1 Å². The Hall–Kier alpha value is -2.49. The van der Waals surface area contributed by atoms with Gasteiger partial charge in [0.05, 0.1) is 12.3 Å². The molecule has 2 aromatic carbocycles. The zero-order chi connectivity index (χ0) is 18.4. The van der Waals surface area contributed by atoms with E-state index in [4.69, 9.17) is 9.47 Å². The Morgan fingerprint density at radius 3 is 2.48 bits per heavy atom. The standard InChI is InChI=1S/C21H27NO3/c1-6-17-11-16(5)20(12-15(17)4)25-13-18-14(3)9-8-10-19(18)22-21(23)24-7-2/h8-12H,6-7,13H2,1-5H3,(H,22,23). The molecule has 4 heteroatoms. The fourth-order valence-corrected chi connectivity index (χ4v) is 2.82. The maximum absolute atomic E-state index is 11.7. The topological polar surface area (TPSA) is 47.6 Å². The summed E-state index contributed by atoms with van der Waals surface area (Å²) in [5.41, 5.74) is 6.43. The van der Waals surface area contributed by atoms with E-state index in [0.29, 0.717) is 13.2 Å². The summed E-state index contributed by atoms with van der Waals surface area (Å²) in [5.74, 6) is 0.875. The number of amides is 1. The number of hydrogen-bond donors (Lipinski definition) is 1. The van der Waals surface area contributed by atoms with Crippen LogP contribution in [0.1, 0.15) is 41.7 Å². The molecular formula is C21H27NO3. The van der Waals surface area contributed by atoms with Crippen LogP contribution in [0.5, 0.6) is 5.75 Å². The summed E-state index contributed by atoms with van der Waals surface area (Å²) in [6.45, 7) is 10.8. The lowest BCUT2D eigenvalue weighted by Gasteiger charge is -2.16. The molecule has 25 heavy (non-hydrogen) atoms. The molecule has 2 aromatic rings. The van der Waals surface area contributed by atoms with Gasteiger partial charge in [0, 0.05) is 5.56 Å². The molecule has 1 N–H and O–H groups in total. The predicted octanol–water partition coefficient (Wildman–Crippen LogP) is 5.32. The van der Waals surface area contributed by atoms with Crippen LogP contribution in [0, 0.1) is 20.8 Å². The summed E-state index contributed by atoms with van der Waals surface area (Å²) < 4.78 is 11.0. The van der Waals surface area contributed by atoms with E-state index in [1.807, 2.05) is 25.1 Å². The van der Waals surface area contributed by atoms with E-state index in [1.165, 1.54) is 11.1 Å². The molecule has 2 rings (SSSR count). The number of benzene rings is 2. The highest BCUT2D eigenvalue weighted by Gasteiger charge is 2.12. The maximum atomic E-state index is 11.7. The van der Waals surface area contributed by atoms with Gasteiger partial charge in [0.15, 0.2) is 0 Å². The van der Waals surface area contributed by atoms with Gasteiger partial charge in [-0.15, -0.1) is 0 Å². The van der Waals surface area contributed by atoms with Gasteiger partial charge in [-0.3, -0.25) is 5.32 Å². The molecule has 0 aliphatic carbocycles. The molecule has 0 radical (unpaired) electrons. The molecule has 0 heterocycles. The SMILES string of the molecule is CCOC(=O)Nc1cccc(C)c1COc1cc(C)c(CC)cc1C. The van der Waals surface area contributed by atoms with E-state index in [2.05, 4.69) is 38.2 Å². The lowest BCUT2D eigenvalue weighted by molar-refractivity contribution is 0.168. The monoisotopic (exact) mass is 341 g/mol. The Balaban J connectivity index is 2.20. The first-order chi connectivity index (χ1) is 12.0. The molecule has 0 fully saturated rings. The fourth-order valence-electron chi connectivity index (χ4n) is 2.82. The van der Waals surface area contributed by atoms with Crippen LogP contribution in [0.25, 0.3) is 0 Å². The van der Waals surface area contributed by atoms with E-state index in [-0.39, 0.29) is 0 Å².